The summed E-state index contributed by atoms with van der Waals surface area (Å²) in [6.07, 6.45) is 0.986. The van der Waals surface area contributed by atoms with Gasteiger partial charge in [0.15, 0.2) is 0 Å². The molecule has 5 heteroatoms. The lowest BCUT2D eigenvalue weighted by atomic mass is 9.87. The lowest BCUT2D eigenvalue weighted by molar-refractivity contribution is -0.143. The minimum absolute atomic E-state index is 0.00111. The van der Waals surface area contributed by atoms with Gasteiger partial charge in [-0.1, -0.05) is 36.4 Å². The number of halogens is 1. The number of hydrogen-bond acceptors (Lipinski definition) is 3. The van der Waals surface area contributed by atoms with Gasteiger partial charge >= 0.3 is 0 Å². The molecule has 0 N–H and O–H groups in total. The van der Waals surface area contributed by atoms with Crippen molar-refractivity contribution in [2.45, 2.75) is 30.6 Å². The van der Waals surface area contributed by atoms with Crippen molar-refractivity contribution in [3.05, 3.63) is 71.0 Å². The van der Waals surface area contributed by atoms with E-state index in [2.05, 4.69) is 12.1 Å². The molecular formula is C21H20FNO3. The van der Waals surface area contributed by atoms with Crippen molar-refractivity contribution >= 4 is 5.91 Å². The third-order valence-electron chi connectivity index (χ3n) is 5.69. The molecule has 3 aliphatic rings. The molecule has 3 aliphatic heterocycles. The molecule has 0 saturated carbocycles. The molecule has 2 aromatic rings. The van der Waals surface area contributed by atoms with Gasteiger partial charge in [0.25, 0.3) is 5.91 Å². The molecule has 3 heterocycles. The smallest absolute Gasteiger partial charge is 0.252 e. The van der Waals surface area contributed by atoms with Gasteiger partial charge in [-0.25, -0.2) is 4.39 Å². The Bertz CT molecular complexity index is 847. The van der Waals surface area contributed by atoms with Crippen molar-refractivity contribution in [1.82, 2.24) is 4.90 Å². The van der Waals surface area contributed by atoms with Crippen LogP contribution in [0.25, 0.3) is 0 Å². The van der Waals surface area contributed by atoms with E-state index in [1.165, 1.54) is 17.7 Å². The number of hydrogen-bond donors (Lipinski definition) is 0. The van der Waals surface area contributed by atoms with E-state index in [0.29, 0.717) is 26.2 Å². The number of carbonyl (C=O) groups is 1. The van der Waals surface area contributed by atoms with E-state index in [1.54, 1.807) is 12.1 Å². The van der Waals surface area contributed by atoms with Gasteiger partial charge in [0.2, 0.25) is 0 Å². The maximum Gasteiger partial charge on any atom is 0.252 e. The van der Waals surface area contributed by atoms with Crippen LogP contribution in [-0.4, -0.2) is 42.3 Å². The summed E-state index contributed by atoms with van der Waals surface area (Å²) < 4.78 is 24.7. The van der Waals surface area contributed by atoms with Crippen LogP contribution in [0.3, 0.4) is 0 Å². The van der Waals surface area contributed by atoms with Crippen LogP contribution >= 0.6 is 0 Å². The van der Waals surface area contributed by atoms with Crippen LogP contribution < -0.4 is 0 Å². The van der Waals surface area contributed by atoms with Gasteiger partial charge < -0.3 is 14.4 Å². The van der Waals surface area contributed by atoms with Crippen LogP contribution in [-0.2, 0) is 20.7 Å². The van der Waals surface area contributed by atoms with Gasteiger partial charge in [-0.05, 0) is 35.2 Å². The van der Waals surface area contributed by atoms with E-state index in [1.807, 2.05) is 17.0 Å². The van der Waals surface area contributed by atoms with E-state index in [4.69, 9.17) is 9.47 Å². The first kappa shape index (κ1) is 16.0. The van der Waals surface area contributed by atoms with Crippen LogP contribution in [0.1, 0.15) is 29.2 Å². The predicted molar refractivity (Wildman–Crippen MR) is 93.1 cm³/mol. The number of amides is 1. The van der Waals surface area contributed by atoms with E-state index in [-0.39, 0.29) is 23.4 Å². The number of epoxide rings is 1. The molecule has 134 valence electrons. The average molecular weight is 353 g/mol. The molecular weight excluding hydrogens is 333 g/mol. The van der Waals surface area contributed by atoms with E-state index in [9.17, 15) is 9.18 Å². The molecule has 1 spiro atoms. The Kier molecular flexibility index (Phi) is 3.62. The third-order valence-corrected chi connectivity index (χ3v) is 5.69. The highest BCUT2D eigenvalue weighted by atomic mass is 19.1. The Hall–Kier alpha value is -2.24. The molecule has 4 nitrogen and oxygen atoms in total. The van der Waals surface area contributed by atoms with Crippen LogP contribution in [0.4, 0.5) is 4.39 Å². The number of rotatable bonds is 2. The highest BCUT2D eigenvalue weighted by Gasteiger charge is 2.54. The number of fused-ring (bicyclic) bond motifs is 1. The second-order valence-electron chi connectivity index (χ2n) is 7.41. The Labute approximate surface area is 151 Å². The Morgan fingerprint density at radius 1 is 1.12 bits per heavy atom. The summed E-state index contributed by atoms with van der Waals surface area (Å²) in [5.41, 5.74) is 3.04. The Morgan fingerprint density at radius 3 is 2.62 bits per heavy atom. The van der Waals surface area contributed by atoms with Gasteiger partial charge in [-0.15, -0.1) is 0 Å². The first-order valence-electron chi connectivity index (χ1n) is 9.05. The average Bonchev–Trinajstić information content (AvgIpc) is 3.30. The second-order valence-corrected chi connectivity index (χ2v) is 7.41. The SMILES string of the molecule is O=C([C@@H]1C[C@]2(CO1)CO2)N1CCc2ccccc2[C@@H]1c1ccc(F)cc1. The van der Waals surface area contributed by atoms with Crippen molar-refractivity contribution < 1.29 is 18.7 Å². The third kappa shape index (κ3) is 2.63. The normalized spacial score (nSPS) is 29.7. The molecule has 26 heavy (non-hydrogen) atoms. The molecule has 0 aromatic heterocycles. The predicted octanol–water partition coefficient (Wildman–Crippen LogP) is 2.86. The van der Waals surface area contributed by atoms with Crippen molar-refractivity contribution in [3.8, 4) is 0 Å². The lowest BCUT2D eigenvalue weighted by Gasteiger charge is -2.38. The Balaban J connectivity index is 1.51. The van der Waals surface area contributed by atoms with E-state index >= 15 is 0 Å². The fraction of sp³-hybridized carbons (Fsp3) is 0.381. The molecule has 3 atom stereocenters. The van der Waals surface area contributed by atoms with Crippen molar-refractivity contribution in [2.24, 2.45) is 0 Å². The molecule has 2 fully saturated rings. The minimum atomic E-state index is -0.453. The van der Waals surface area contributed by atoms with Crippen LogP contribution in [0.5, 0.6) is 0 Å². The van der Waals surface area contributed by atoms with Crippen LogP contribution in [0.15, 0.2) is 48.5 Å². The summed E-state index contributed by atoms with van der Waals surface area (Å²) in [5.74, 6) is -0.274. The fourth-order valence-corrected chi connectivity index (χ4v) is 4.16. The van der Waals surface area contributed by atoms with Crippen molar-refractivity contribution in [3.63, 3.8) is 0 Å². The number of benzene rings is 2. The second kappa shape index (κ2) is 5.89. The van der Waals surface area contributed by atoms with Crippen molar-refractivity contribution in [2.75, 3.05) is 19.8 Å². The maximum absolute atomic E-state index is 13.4. The molecule has 1 amide bonds. The molecule has 0 radical (unpaired) electrons. The summed E-state index contributed by atoms with van der Waals surface area (Å²) in [5, 5.41) is 0. The molecule has 0 unspecified atom stereocenters. The Morgan fingerprint density at radius 2 is 1.88 bits per heavy atom. The van der Waals surface area contributed by atoms with Crippen LogP contribution in [0.2, 0.25) is 0 Å². The largest absolute Gasteiger partial charge is 0.367 e. The molecule has 0 aliphatic carbocycles. The zero-order valence-corrected chi connectivity index (χ0v) is 14.4. The summed E-state index contributed by atoms with van der Waals surface area (Å²) in [6, 6.07) is 14.4. The summed E-state index contributed by atoms with van der Waals surface area (Å²) in [6.45, 7) is 1.81. The zero-order chi connectivity index (χ0) is 17.7. The summed E-state index contributed by atoms with van der Waals surface area (Å²) >= 11 is 0. The summed E-state index contributed by atoms with van der Waals surface area (Å²) in [7, 11) is 0. The number of carbonyl (C=O) groups excluding carboxylic acids is 1. The lowest BCUT2D eigenvalue weighted by Crippen LogP contribution is -2.45. The van der Waals surface area contributed by atoms with Gasteiger partial charge in [0.05, 0.1) is 19.3 Å². The van der Waals surface area contributed by atoms with Crippen molar-refractivity contribution in [1.29, 1.82) is 0 Å². The summed E-state index contributed by atoms with van der Waals surface area (Å²) in [4.78, 5) is 15.1. The molecule has 2 saturated heterocycles. The fourth-order valence-electron chi connectivity index (χ4n) is 4.16. The van der Waals surface area contributed by atoms with Gasteiger partial charge in [-0.2, -0.15) is 0 Å². The minimum Gasteiger partial charge on any atom is -0.367 e. The highest BCUT2D eigenvalue weighted by molar-refractivity contribution is 5.83. The number of nitrogens with zero attached hydrogens (tertiary/aromatic N) is 1. The standard InChI is InChI=1S/C21H20FNO3/c22-16-7-5-15(6-8-16)19-17-4-2-1-3-14(17)9-10-23(19)20(24)18-11-21(12-25-18)13-26-21/h1-8,18-19H,9-13H2/t18-,19-,21-/m0/s1. The quantitative estimate of drug-likeness (QED) is 0.780. The van der Waals surface area contributed by atoms with Crippen LogP contribution in [0, 0.1) is 5.82 Å². The monoisotopic (exact) mass is 353 g/mol. The zero-order valence-electron chi connectivity index (χ0n) is 14.4. The van der Waals surface area contributed by atoms with Gasteiger partial charge in [0, 0.05) is 13.0 Å². The maximum atomic E-state index is 13.4. The van der Waals surface area contributed by atoms with E-state index in [0.717, 1.165) is 17.5 Å². The first-order chi connectivity index (χ1) is 12.7. The first-order valence-corrected chi connectivity index (χ1v) is 9.05. The van der Waals surface area contributed by atoms with E-state index < -0.39 is 6.10 Å². The molecule has 5 rings (SSSR count). The highest BCUT2D eigenvalue weighted by Crippen LogP contribution is 2.41. The van der Waals surface area contributed by atoms with Gasteiger partial charge in [0.1, 0.15) is 17.5 Å². The molecule has 0 bridgehead atoms. The molecule has 2 aromatic carbocycles. The topological polar surface area (TPSA) is 42.1 Å². The van der Waals surface area contributed by atoms with Gasteiger partial charge in [-0.3, -0.25) is 4.79 Å². The number of ether oxygens (including phenoxy) is 2.